The highest BCUT2D eigenvalue weighted by atomic mass is 79.9. The summed E-state index contributed by atoms with van der Waals surface area (Å²) in [5.74, 6) is 0.235. The van der Waals surface area contributed by atoms with Gasteiger partial charge < -0.3 is 10.1 Å². The molecule has 0 atom stereocenters. The van der Waals surface area contributed by atoms with Gasteiger partial charge in [0, 0.05) is 6.04 Å². The molecule has 6 nitrogen and oxygen atoms in total. The molecule has 1 amide bonds. The first-order chi connectivity index (χ1) is 13.8. The minimum absolute atomic E-state index is 0.0828. The number of amides is 1. The van der Waals surface area contributed by atoms with Crippen LogP contribution in [0.3, 0.4) is 0 Å². The van der Waals surface area contributed by atoms with Crippen LogP contribution in [-0.4, -0.2) is 34.0 Å². The lowest BCUT2D eigenvalue weighted by Crippen LogP contribution is -2.43. The maximum absolute atomic E-state index is 13.4. The van der Waals surface area contributed by atoms with Crippen LogP contribution < -0.4 is 14.4 Å². The fraction of sp³-hybridized carbons (Fsp3) is 0.381. The molecule has 8 heteroatoms. The van der Waals surface area contributed by atoms with Crippen LogP contribution in [0.25, 0.3) is 0 Å². The standard InChI is InChI=1S/C21H25BrN2O4S/c1-15-7-9-17(10-8-15)24(14-21(25)23-16-5-3-4-6-16)29(26,27)18-11-12-20(28-2)19(22)13-18/h7-13,16H,3-6,14H2,1-2H3,(H,23,25). The van der Waals surface area contributed by atoms with E-state index in [2.05, 4.69) is 21.2 Å². The minimum Gasteiger partial charge on any atom is -0.496 e. The second kappa shape index (κ2) is 9.17. The van der Waals surface area contributed by atoms with Gasteiger partial charge in [0.05, 0.1) is 22.2 Å². The summed E-state index contributed by atoms with van der Waals surface area (Å²) in [6, 6.07) is 11.8. The van der Waals surface area contributed by atoms with Crippen LogP contribution in [0.2, 0.25) is 0 Å². The molecule has 1 saturated carbocycles. The topological polar surface area (TPSA) is 75.7 Å². The van der Waals surface area contributed by atoms with Crippen molar-refractivity contribution in [3.8, 4) is 5.75 Å². The molecule has 0 saturated heterocycles. The highest BCUT2D eigenvalue weighted by Crippen LogP contribution is 2.31. The van der Waals surface area contributed by atoms with Gasteiger partial charge >= 0.3 is 0 Å². The lowest BCUT2D eigenvalue weighted by Gasteiger charge is -2.25. The first kappa shape index (κ1) is 21.6. The number of sulfonamides is 1. The Kier molecular flexibility index (Phi) is 6.85. The zero-order valence-corrected chi connectivity index (χ0v) is 18.9. The van der Waals surface area contributed by atoms with E-state index in [4.69, 9.17) is 4.74 Å². The average Bonchev–Trinajstić information content (AvgIpc) is 3.19. The molecule has 0 spiro atoms. The van der Waals surface area contributed by atoms with Crippen LogP contribution in [0.1, 0.15) is 31.2 Å². The first-order valence-electron chi connectivity index (χ1n) is 9.53. The molecule has 0 aromatic heterocycles. The molecule has 0 aliphatic heterocycles. The summed E-state index contributed by atoms with van der Waals surface area (Å²) < 4.78 is 33.7. The summed E-state index contributed by atoms with van der Waals surface area (Å²) in [6.07, 6.45) is 4.05. The van der Waals surface area contributed by atoms with E-state index in [-0.39, 0.29) is 23.4 Å². The summed E-state index contributed by atoms with van der Waals surface area (Å²) in [6.45, 7) is 1.65. The summed E-state index contributed by atoms with van der Waals surface area (Å²) in [7, 11) is -2.44. The number of rotatable bonds is 7. The van der Waals surface area contributed by atoms with E-state index >= 15 is 0 Å². The molecule has 156 valence electrons. The van der Waals surface area contributed by atoms with Crippen LogP contribution in [0, 0.1) is 6.92 Å². The zero-order valence-electron chi connectivity index (χ0n) is 16.5. The van der Waals surface area contributed by atoms with Gasteiger partial charge in [-0.05, 0) is 66.0 Å². The van der Waals surface area contributed by atoms with Crippen molar-refractivity contribution in [3.05, 3.63) is 52.5 Å². The van der Waals surface area contributed by atoms with Crippen LogP contribution in [0.4, 0.5) is 5.69 Å². The summed E-state index contributed by atoms with van der Waals surface area (Å²) in [5, 5.41) is 2.97. The quantitative estimate of drug-likeness (QED) is 0.648. The molecule has 1 aliphatic carbocycles. The average molecular weight is 481 g/mol. The molecule has 1 aliphatic rings. The minimum atomic E-state index is -3.96. The lowest BCUT2D eigenvalue weighted by molar-refractivity contribution is -0.120. The van der Waals surface area contributed by atoms with Gasteiger partial charge in [-0.2, -0.15) is 0 Å². The third-order valence-electron chi connectivity index (χ3n) is 5.04. The molecule has 2 aromatic rings. The Balaban J connectivity index is 1.93. The van der Waals surface area contributed by atoms with Crippen LogP contribution in [0.15, 0.2) is 51.8 Å². The van der Waals surface area contributed by atoms with Crippen molar-refractivity contribution in [3.63, 3.8) is 0 Å². The Morgan fingerprint density at radius 1 is 1.17 bits per heavy atom. The van der Waals surface area contributed by atoms with Gasteiger partial charge in [0.2, 0.25) is 5.91 Å². The lowest BCUT2D eigenvalue weighted by atomic mass is 10.2. The van der Waals surface area contributed by atoms with Gasteiger partial charge in [0.1, 0.15) is 12.3 Å². The van der Waals surface area contributed by atoms with Crippen LogP contribution in [-0.2, 0) is 14.8 Å². The van der Waals surface area contributed by atoms with Crippen molar-refractivity contribution in [2.24, 2.45) is 0 Å². The highest BCUT2D eigenvalue weighted by molar-refractivity contribution is 9.10. The number of methoxy groups -OCH3 is 1. The Bertz CT molecular complexity index is 971. The number of carbonyl (C=O) groups excluding carboxylic acids is 1. The molecule has 1 fully saturated rings. The van der Waals surface area contributed by atoms with E-state index in [0.29, 0.717) is 15.9 Å². The number of aryl methyl sites for hydroxylation is 1. The number of nitrogens with zero attached hydrogens (tertiary/aromatic N) is 1. The van der Waals surface area contributed by atoms with E-state index in [1.54, 1.807) is 18.2 Å². The largest absolute Gasteiger partial charge is 0.496 e. The van der Waals surface area contributed by atoms with Gasteiger partial charge in [-0.25, -0.2) is 8.42 Å². The third kappa shape index (κ3) is 5.11. The van der Waals surface area contributed by atoms with Gasteiger partial charge in [0.25, 0.3) is 10.0 Å². The van der Waals surface area contributed by atoms with Crippen LogP contribution >= 0.6 is 15.9 Å². The maximum atomic E-state index is 13.4. The number of hydrogen-bond acceptors (Lipinski definition) is 4. The summed E-state index contributed by atoms with van der Waals surface area (Å²) >= 11 is 3.34. The molecule has 0 bridgehead atoms. The Morgan fingerprint density at radius 2 is 1.83 bits per heavy atom. The van der Waals surface area contributed by atoms with Crippen molar-refractivity contribution >= 4 is 37.5 Å². The van der Waals surface area contributed by atoms with Crippen LogP contribution in [0.5, 0.6) is 5.75 Å². The fourth-order valence-corrected chi connectivity index (χ4v) is 5.57. The normalized spacial score (nSPS) is 14.6. The van der Waals surface area contributed by atoms with Crippen molar-refractivity contribution in [2.45, 2.75) is 43.5 Å². The van der Waals surface area contributed by atoms with Crippen molar-refractivity contribution in [1.29, 1.82) is 0 Å². The van der Waals surface area contributed by atoms with Gasteiger partial charge in [0.15, 0.2) is 0 Å². The Hall–Kier alpha value is -2.06. The number of benzene rings is 2. The fourth-order valence-electron chi connectivity index (χ4n) is 3.43. The molecule has 1 N–H and O–H groups in total. The SMILES string of the molecule is COc1ccc(S(=O)(=O)N(CC(=O)NC2CCCC2)c2ccc(C)cc2)cc1Br. The molecule has 2 aromatic carbocycles. The number of nitrogens with one attached hydrogen (secondary N) is 1. The smallest absolute Gasteiger partial charge is 0.264 e. The number of hydrogen-bond donors (Lipinski definition) is 1. The molecule has 0 heterocycles. The molecule has 29 heavy (non-hydrogen) atoms. The number of ether oxygens (including phenoxy) is 1. The summed E-state index contributed by atoms with van der Waals surface area (Å²) in [4.78, 5) is 12.7. The van der Waals surface area contributed by atoms with E-state index in [1.807, 2.05) is 19.1 Å². The highest BCUT2D eigenvalue weighted by Gasteiger charge is 2.29. The first-order valence-corrected chi connectivity index (χ1v) is 11.8. The molecular formula is C21H25BrN2O4S. The number of anilines is 1. The Morgan fingerprint density at radius 3 is 2.41 bits per heavy atom. The predicted molar refractivity (Wildman–Crippen MR) is 117 cm³/mol. The van der Waals surface area contributed by atoms with Gasteiger partial charge in [-0.15, -0.1) is 0 Å². The van der Waals surface area contributed by atoms with E-state index < -0.39 is 10.0 Å². The maximum Gasteiger partial charge on any atom is 0.264 e. The second-order valence-corrected chi connectivity index (χ2v) is 9.91. The Labute approximate surface area is 180 Å². The van der Waals surface area contributed by atoms with Gasteiger partial charge in [-0.3, -0.25) is 9.10 Å². The zero-order chi connectivity index (χ0) is 21.0. The van der Waals surface area contributed by atoms with E-state index in [0.717, 1.165) is 35.6 Å². The third-order valence-corrected chi connectivity index (χ3v) is 7.43. The van der Waals surface area contributed by atoms with Gasteiger partial charge in [-0.1, -0.05) is 30.5 Å². The second-order valence-electron chi connectivity index (χ2n) is 7.19. The summed E-state index contributed by atoms with van der Waals surface area (Å²) in [5.41, 5.74) is 1.46. The number of halogens is 1. The molecule has 0 unspecified atom stereocenters. The van der Waals surface area contributed by atoms with E-state index in [1.165, 1.54) is 19.2 Å². The molecule has 3 rings (SSSR count). The molecular weight excluding hydrogens is 456 g/mol. The van der Waals surface area contributed by atoms with E-state index in [9.17, 15) is 13.2 Å². The monoisotopic (exact) mass is 480 g/mol. The van der Waals surface area contributed by atoms with Crippen molar-refractivity contribution in [1.82, 2.24) is 5.32 Å². The molecule has 0 radical (unpaired) electrons. The number of carbonyl (C=O) groups is 1. The van der Waals surface area contributed by atoms with Crippen molar-refractivity contribution < 1.29 is 17.9 Å². The van der Waals surface area contributed by atoms with Crippen molar-refractivity contribution in [2.75, 3.05) is 18.0 Å². The predicted octanol–water partition coefficient (Wildman–Crippen LogP) is 4.02.